The van der Waals surface area contributed by atoms with E-state index in [1.807, 2.05) is 45.0 Å². The summed E-state index contributed by atoms with van der Waals surface area (Å²) >= 11 is 0. The highest BCUT2D eigenvalue weighted by Gasteiger charge is 2.20. The van der Waals surface area contributed by atoms with Crippen LogP contribution in [0.3, 0.4) is 0 Å². The van der Waals surface area contributed by atoms with Crippen LogP contribution in [-0.2, 0) is 4.79 Å². The molecule has 2 rings (SSSR count). The number of amides is 1. The normalized spacial score (nSPS) is 11.6. The molecule has 2 aromatic rings. The van der Waals surface area contributed by atoms with Crippen LogP contribution in [0.4, 0.5) is 5.69 Å². The molecule has 0 radical (unpaired) electrons. The van der Waals surface area contributed by atoms with Gasteiger partial charge >= 0.3 is 5.97 Å². The van der Waals surface area contributed by atoms with Gasteiger partial charge in [0.05, 0.1) is 5.56 Å². The minimum atomic E-state index is -1.03. The van der Waals surface area contributed by atoms with Gasteiger partial charge in [-0.1, -0.05) is 31.2 Å². The standard InChI is InChI=1S/C19H21NO4/c1-4-16(24-17-8-6-5-7-13(17)3)18(21)20-15-11-14(19(22)23)10-9-12(15)2/h5-11,16H,4H2,1-3H3,(H,20,21)(H,22,23). The van der Waals surface area contributed by atoms with Crippen molar-refractivity contribution in [3.63, 3.8) is 0 Å². The Morgan fingerprint density at radius 3 is 2.46 bits per heavy atom. The average Bonchev–Trinajstić information content (AvgIpc) is 2.55. The van der Waals surface area contributed by atoms with Gasteiger partial charge in [-0.25, -0.2) is 4.79 Å². The van der Waals surface area contributed by atoms with Crippen LogP contribution in [0, 0.1) is 13.8 Å². The molecule has 0 aliphatic carbocycles. The molecule has 2 N–H and O–H groups in total. The number of hydrogen-bond acceptors (Lipinski definition) is 3. The van der Waals surface area contributed by atoms with Crippen molar-refractivity contribution in [1.82, 2.24) is 0 Å². The highest BCUT2D eigenvalue weighted by atomic mass is 16.5. The molecule has 0 aliphatic rings. The zero-order valence-corrected chi connectivity index (χ0v) is 14.0. The number of aryl methyl sites for hydroxylation is 2. The largest absolute Gasteiger partial charge is 0.480 e. The van der Waals surface area contributed by atoms with Crippen molar-refractivity contribution in [1.29, 1.82) is 0 Å². The lowest BCUT2D eigenvalue weighted by molar-refractivity contribution is -0.122. The van der Waals surface area contributed by atoms with E-state index in [0.717, 1.165) is 11.1 Å². The lowest BCUT2D eigenvalue weighted by Crippen LogP contribution is -2.32. The van der Waals surface area contributed by atoms with E-state index in [4.69, 9.17) is 9.84 Å². The highest BCUT2D eigenvalue weighted by molar-refractivity contribution is 5.97. The molecule has 0 aliphatic heterocycles. The minimum Gasteiger partial charge on any atom is -0.480 e. The summed E-state index contributed by atoms with van der Waals surface area (Å²) in [7, 11) is 0. The van der Waals surface area contributed by atoms with Crippen LogP contribution >= 0.6 is 0 Å². The summed E-state index contributed by atoms with van der Waals surface area (Å²) in [5.41, 5.74) is 2.35. The molecule has 0 saturated carbocycles. The molecule has 0 aromatic heterocycles. The Balaban J connectivity index is 2.16. The Morgan fingerprint density at radius 1 is 1.12 bits per heavy atom. The maximum atomic E-state index is 12.5. The third-order valence-corrected chi connectivity index (χ3v) is 3.77. The first-order valence-electron chi connectivity index (χ1n) is 7.79. The lowest BCUT2D eigenvalue weighted by Gasteiger charge is -2.19. The molecular weight excluding hydrogens is 306 g/mol. The number of carboxylic acid groups (broad SMARTS) is 1. The van der Waals surface area contributed by atoms with Crippen molar-refractivity contribution >= 4 is 17.6 Å². The van der Waals surface area contributed by atoms with Gasteiger partial charge in [0, 0.05) is 5.69 Å². The van der Waals surface area contributed by atoms with Gasteiger partial charge in [0.1, 0.15) is 5.75 Å². The lowest BCUT2D eigenvalue weighted by atomic mass is 10.1. The second-order valence-electron chi connectivity index (χ2n) is 5.60. The smallest absolute Gasteiger partial charge is 0.335 e. The van der Waals surface area contributed by atoms with E-state index in [1.54, 1.807) is 6.07 Å². The first kappa shape index (κ1) is 17.5. The molecule has 1 atom stereocenters. The first-order chi connectivity index (χ1) is 11.4. The molecule has 0 fully saturated rings. The van der Waals surface area contributed by atoms with Crippen molar-refractivity contribution < 1.29 is 19.4 Å². The molecule has 0 heterocycles. The Kier molecular flexibility index (Phi) is 5.58. The first-order valence-corrected chi connectivity index (χ1v) is 7.79. The number of aromatic carboxylic acids is 1. The predicted molar refractivity (Wildman–Crippen MR) is 92.7 cm³/mol. The summed E-state index contributed by atoms with van der Waals surface area (Å²) in [6.07, 6.45) is -0.156. The summed E-state index contributed by atoms with van der Waals surface area (Å²) in [6, 6.07) is 12.1. The van der Waals surface area contributed by atoms with Crippen molar-refractivity contribution in [2.75, 3.05) is 5.32 Å². The van der Waals surface area contributed by atoms with Gasteiger partial charge in [0.25, 0.3) is 5.91 Å². The van der Waals surface area contributed by atoms with E-state index in [9.17, 15) is 9.59 Å². The van der Waals surface area contributed by atoms with E-state index in [0.29, 0.717) is 17.9 Å². The number of nitrogens with one attached hydrogen (secondary N) is 1. The molecule has 24 heavy (non-hydrogen) atoms. The van der Waals surface area contributed by atoms with Crippen LogP contribution in [0.1, 0.15) is 34.8 Å². The number of ether oxygens (including phenoxy) is 1. The van der Waals surface area contributed by atoms with Crippen LogP contribution in [0.5, 0.6) is 5.75 Å². The van der Waals surface area contributed by atoms with Gasteiger partial charge in [-0.15, -0.1) is 0 Å². The zero-order chi connectivity index (χ0) is 17.7. The number of para-hydroxylation sites is 1. The van der Waals surface area contributed by atoms with E-state index in [-0.39, 0.29) is 11.5 Å². The fourth-order valence-electron chi connectivity index (χ4n) is 2.27. The van der Waals surface area contributed by atoms with Crippen molar-refractivity contribution in [3.05, 3.63) is 59.2 Å². The Bertz CT molecular complexity index is 755. The predicted octanol–water partition coefficient (Wildman–Crippen LogP) is 3.80. The second-order valence-corrected chi connectivity index (χ2v) is 5.60. The maximum Gasteiger partial charge on any atom is 0.335 e. The molecule has 0 spiro atoms. The van der Waals surface area contributed by atoms with Gasteiger partial charge in [0.15, 0.2) is 6.10 Å². The van der Waals surface area contributed by atoms with Crippen LogP contribution in [-0.4, -0.2) is 23.1 Å². The van der Waals surface area contributed by atoms with Crippen LogP contribution in [0.2, 0.25) is 0 Å². The minimum absolute atomic E-state index is 0.128. The number of anilines is 1. The molecule has 2 aromatic carbocycles. The summed E-state index contributed by atoms with van der Waals surface area (Å²) in [6.45, 7) is 5.59. The number of carbonyl (C=O) groups excluding carboxylic acids is 1. The molecule has 1 amide bonds. The Morgan fingerprint density at radius 2 is 1.83 bits per heavy atom. The number of benzene rings is 2. The fourth-order valence-corrected chi connectivity index (χ4v) is 2.27. The van der Waals surface area contributed by atoms with E-state index in [2.05, 4.69) is 5.32 Å². The Hall–Kier alpha value is -2.82. The summed E-state index contributed by atoms with van der Waals surface area (Å²) in [4.78, 5) is 23.6. The van der Waals surface area contributed by atoms with Gasteiger partial charge in [-0.05, 0) is 49.6 Å². The molecule has 0 saturated heterocycles. The average molecular weight is 327 g/mol. The quantitative estimate of drug-likeness (QED) is 0.846. The number of carboxylic acids is 1. The van der Waals surface area contributed by atoms with Crippen molar-refractivity contribution in [2.24, 2.45) is 0 Å². The molecule has 126 valence electrons. The monoisotopic (exact) mass is 327 g/mol. The third-order valence-electron chi connectivity index (χ3n) is 3.77. The topological polar surface area (TPSA) is 75.6 Å². The second kappa shape index (κ2) is 7.64. The van der Waals surface area contributed by atoms with Gasteiger partial charge in [-0.2, -0.15) is 0 Å². The molecular formula is C19H21NO4. The molecule has 0 bridgehead atoms. The third kappa shape index (κ3) is 4.13. The van der Waals surface area contributed by atoms with Crippen LogP contribution in [0.15, 0.2) is 42.5 Å². The number of rotatable bonds is 6. The zero-order valence-electron chi connectivity index (χ0n) is 14.0. The fraction of sp³-hybridized carbons (Fsp3) is 0.263. The van der Waals surface area contributed by atoms with Crippen molar-refractivity contribution in [3.8, 4) is 5.75 Å². The van der Waals surface area contributed by atoms with E-state index < -0.39 is 12.1 Å². The SMILES string of the molecule is CCC(Oc1ccccc1C)C(=O)Nc1cc(C(=O)O)ccc1C. The van der Waals surface area contributed by atoms with Crippen LogP contribution < -0.4 is 10.1 Å². The van der Waals surface area contributed by atoms with Gasteiger partial charge in [-0.3, -0.25) is 4.79 Å². The molecule has 5 heteroatoms. The van der Waals surface area contributed by atoms with Crippen molar-refractivity contribution in [2.45, 2.75) is 33.3 Å². The van der Waals surface area contributed by atoms with E-state index >= 15 is 0 Å². The summed E-state index contributed by atoms with van der Waals surface area (Å²) in [5, 5.41) is 11.8. The summed E-state index contributed by atoms with van der Waals surface area (Å²) < 4.78 is 5.82. The van der Waals surface area contributed by atoms with Gasteiger partial charge in [0.2, 0.25) is 0 Å². The van der Waals surface area contributed by atoms with E-state index in [1.165, 1.54) is 12.1 Å². The molecule has 1 unspecified atom stereocenters. The maximum absolute atomic E-state index is 12.5. The summed E-state index contributed by atoms with van der Waals surface area (Å²) in [5.74, 6) is -0.671. The Labute approximate surface area is 141 Å². The number of carbonyl (C=O) groups is 2. The number of hydrogen-bond donors (Lipinski definition) is 2. The molecule has 5 nitrogen and oxygen atoms in total. The van der Waals surface area contributed by atoms with Crippen LogP contribution in [0.25, 0.3) is 0 Å². The highest BCUT2D eigenvalue weighted by Crippen LogP contribution is 2.21. The van der Waals surface area contributed by atoms with Gasteiger partial charge < -0.3 is 15.2 Å².